The predicted molar refractivity (Wildman–Crippen MR) is 127 cm³/mol. The molecule has 4 heterocycles. The summed E-state index contributed by atoms with van der Waals surface area (Å²) in [6.45, 7) is 2.63. The van der Waals surface area contributed by atoms with Crippen molar-refractivity contribution in [2.75, 3.05) is 33.4 Å². The number of ether oxygens (including phenoxy) is 2. The van der Waals surface area contributed by atoms with Crippen LogP contribution in [0.15, 0.2) is 30.7 Å². The van der Waals surface area contributed by atoms with Crippen molar-refractivity contribution in [1.29, 1.82) is 0 Å². The molecule has 2 fully saturated rings. The molecule has 0 bridgehead atoms. The number of pyridine rings is 2. The highest BCUT2D eigenvalue weighted by molar-refractivity contribution is 6.05. The van der Waals surface area contributed by atoms with Crippen molar-refractivity contribution in [1.82, 2.24) is 25.2 Å². The third kappa shape index (κ3) is 4.82. The summed E-state index contributed by atoms with van der Waals surface area (Å²) in [5.41, 5.74) is 3.20. The molecule has 1 atom stereocenters. The Morgan fingerprint density at radius 3 is 2.91 bits per heavy atom. The number of hydrogen-bond acceptors (Lipinski definition) is 5. The smallest absolute Gasteiger partial charge is 0.317 e. The zero-order valence-electron chi connectivity index (χ0n) is 19.3. The maximum Gasteiger partial charge on any atom is 0.317 e. The number of hydrogen-bond donors (Lipinski definition) is 2. The Morgan fingerprint density at radius 2 is 2.06 bits per heavy atom. The molecule has 0 aromatic carbocycles. The summed E-state index contributed by atoms with van der Waals surface area (Å²) in [6, 6.07) is 4.53. The maximum absolute atomic E-state index is 12.9. The molecule has 3 aromatic heterocycles. The molecule has 33 heavy (non-hydrogen) atoms. The number of urea groups is 1. The van der Waals surface area contributed by atoms with E-state index in [4.69, 9.17) is 9.47 Å². The molecule has 1 saturated carbocycles. The van der Waals surface area contributed by atoms with E-state index in [-0.39, 0.29) is 18.2 Å². The number of nitrogens with zero attached hydrogens (tertiary/aromatic N) is 3. The monoisotopic (exact) mass is 451 g/mol. The van der Waals surface area contributed by atoms with Gasteiger partial charge in [-0.3, -0.25) is 4.98 Å². The molecule has 2 aliphatic rings. The average Bonchev–Trinajstić information content (AvgIpc) is 3.34. The molecular weight excluding hydrogens is 418 g/mol. The Hall–Kier alpha value is -2.71. The van der Waals surface area contributed by atoms with E-state index in [1.165, 1.54) is 10.9 Å². The van der Waals surface area contributed by atoms with Gasteiger partial charge in [-0.1, -0.05) is 0 Å². The molecule has 8 nitrogen and oxygen atoms in total. The van der Waals surface area contributed by atoms with Gasteiger partial charge in [0.1, 0.15) is 5.65 Å². The van der Waals surface area contributed by atoms with Gasteiger partial charge in [-0.05, 0) is 62.1 Å². The van der Waals surface area contributed by atoms with Crippen LogP contribution in [0.5, 0.6) is 0 Å². The lowest BCUT2D eigenvalue weighted by Gasteiger charge is -2.35. The number of H-pyrrole nitrogens is 1. The highest BCUT2D eigenvalue weighted by Gasteiger charge is 2.29. The van der Waals surface area contributed by atoms with E-state index in [0.717, 1.165) is 61.6 Å². The number of aromatic amines is 1. The molecule has 3 aromatic rings. The Kier molecular flexibility index (Phi) is 6.73. The number of methoxy groups -OCH3 is 1. The van der Waals surface area contributed by atoms with Crippen LogP contribution >= 0.6 is 0 Å². The van der Waals surface area contributed by atoms with Crippen LogP contribution in [0.3, 0.4) is 0 Å². The minimum atomic E-state index is 0.0490. The summed E-state index contributed by atoms with van der Waals surface area (Å²) >= 11 is 0. The van der Waals surface area contributed by atoms with Crippen molar-refractivity contribution in [3.8, 4) is 0 Å². The van der Waals surface area contributed by atoms with E-state index in [1.54, 1.807) is 7.11 Å². The molecule has 2 N–H and O–H groups in total. The Morgan fingerprint density at radius 1 is 1.18 bits per heavy atom. The molecule has 1 aliphatic carbocycles. The molecule has 1 saturated heterocycles. The van der Waals surface area contributed by atoms with Crippen LogP contribution in [0.1, 0.15) is 50.0 Å². The van der Waals surface area contributed by atoms with Gasteiger partial charge >= 0.3 is 6.03 Å². The molecular formula is C25H33N5O3. The van der Waals surface area contributed by atoms with Gasteiger partial charge < -0.3 is 24.7 Å². The summed E-state index contributed by atoms with van der Waals surface area (Å²) in [6.07, 6.45) is 11.9. The molecule has 8 heteroatoms. The largest absolute Gasteiger partial charge is 0.382 e. The predicted octanol–water partition coefficient (Wildman–Crippen LogP) is 3.97. The third-order valence-corrected chi connectivity index (χ3v) is 7.12. The normalized spacial score (nSPS) is 23.8. The highest BCUT2D eigenvalue weighted by Crippen LogP contribution is 2.38. The van der Waals surface area contributed by atoms with Gasteiger partial charge in [0, 0.05) is 49.4 Å². The second-order valence-electron chi connectivity index (χ2n) is 9.23. The fraction of sp³-hybridized carbons (Fsp3) is 0.560. The molecule has 2 amide bonds. The van der Waals surface area contributed by atoms with Gasteiger partial charge in [-0.25, -0.2) is 9.78 Å². The fourth-order valence-corrected chi connectivity index (χ4v) is 5.39. The lowest BCUT2D eigenvalue weighted by molar-refractivity contribution is -0.0131. The first kappa shape index (κ1) is 22.1. The molecule has 176 valence electrons. The van der Waals surface area contributed by atoms with E-state index in [9.17, 15) is 4.79 Å². The minimum Gasteiger partial charge on any atom is -0.382 e. The second-order valence-corrected chi connectivity index (χ2v) is 9.23. The lowest BCUT2D eigenvalue weighted by Crippen LogP contribution is -2.51. The topological polar surface area (TPSA) is 92.4 Å². The van der Waals surface area contributed by atoms with Crippen molar-refractivity contribution in [3.63, 3.8) is 0 Å². The minimum absolute atomic E-state index is 0.0490. The van der Waals surface area contributed by atoms with Crippen molar-refractivity contribution in [2.45, 2.75) is 56.6 Å². The molecule has 1 unspecified atom stereocenters. The first-order valence-corrected chi connectivity index (χ1v) is 12.1. The van der Waals surface area contributed by atoms with Crippen LogP contribution in [0.2, 0.25) is 0 Å². The van der Waals surface area contributed by atoms with Crippen LogP contribution in [0, 0.1) is 0 Å². The van der Waals surface area contributed by atoms with Crippen molar-refractivity contribution < 1.29 is 14.3 Å². The van der Waals surface area contributed by atoms with Gasteiger partial charge in [0.2, 0.25) is 0 Å². The second kappa shape index (κ2) is 10.1. The van der Waals surface area contributed by atoms with Gasteiger partial charge in [-0.2, -0.15) is 0 Å². The summed E-state index contributed by atoms with van der Waals surface area (Å²) in [7, 11) is 1.67. The Bertz CT molecular complexity index is 1090. The first-order chi connectivity index (χ1) is 16.2. The van der Waals surface area contributed by atoms with E-state index in [0.29, 0.717) is 25.7 Å². The van der Waals surface area contributed by atoms with Gasteiger partial charge in [-0.15, -0.1) is 0 Å². The summed E-state index contributed by atoms with van der Waals surface area (Å²) in [4.78, 5) is 27.1. The number of likely N-dealkylation sites (tertiary alicyclic amines) is 1. The standard InChI is InChI=1S/C25H33N5O3/c1-32-13-14-33-19-3-2-12-30(16-19)25(31)29-18-6-4-17(5-7-18)20-8-10-26-22-15-28-24-21(23(20)22)9-11-27-24/h8-11,15,17-19H,2-7,12-14,16H2,1H3,(H,27,28)(H,29,31). The summed E-state index contributed by atoms with van der Waals surface area (Å²) < 4.78 is 10.9. The van der Waals surface area contributed by atoms with Crippen molar-refractivity contribution in [2.24, 2.45) is 0 Å². The fourth-order valence-electron chi connectivity index (χ4n) is 5.39. The van der Waals surface area contributed by atoms with E-state index >= 15 is 0 Å². The zero-order valence-corrected chi connectivity index (χ0v) is 19.3. The number of rotatable bonds is 6. The number of piperidine rings is 1. The Balaban J connectivity index is 1.19. The highest BCUT2D eigenvalue weighted by atomic mass is 16.5. The van der Waals surface area contributed by atoms with Crippen LogP contribution in [-0.2, 0) is 9.47 Å². The number of nitrogens with one attached hydrogen (secondary N) is 2. The molecule has 5 rings (SSSR count). The zero-order chi connectivity index (χ0) is 22.6. The van der Waals surface area contributed by atoms with Gasteiger partial charge in [0.15, 0.2) is 0 Å². The first-order valence-electron chi connectivity index (χ1n) is 12.1. The quantitative estimate of drug-likeness (QED) is 0.553. The van der Waals surface area contributed by atoms with Crippen molar-refractivity contribution >= 4 is 28.0 Å². The van der Waals surface area contributed by atoms with E-state index in [1.807, 2.05) is 23.5 Å². The summed E-state index contributed by atoms with van der Waals surface area (Å²) in [5.74, 6) is 0.470. The van der Waals surface area contributed by atoms with Crippen molar-refractivity contribution in [3.05, 3.63) is 36.3 Å². The summed E-state index contributed by atoms with van der Waals surface area (Å²) in [5, 5.41) is 5.64. The number of carbonyl (C=O) groups is 1. The van der Waals surface area contributed by atoms with E-state index < -0.39 is 0 Å². The van der Waals surface area contributed by atoms with E-state index in [2.05, 4.69) is 32.4 Å². The van der Waals surface area contributed by atoms with Crippen LogP contribution in [-0.4, -0.2) is 71.4 Å². The van der Waals surface area contributed by atoms with Crippen LogP contribution in [0.4, 0.5) is 4.79 Å². The molecule has 0 radical (unpaired) electrons. The van der Waals surface area contributed by atoms with Crippen LogP contribution in [0.25, 0.3) is 21.9 Å². The number of carbonyl (C=O) groups excluding carboxylic acids is 1. The third-order valence-electron chi connectivity index (χ3n) is 7.12. The average molecular weight is 452 g/mol. The Labute approximate surface area is 194 Å². The van der Waals surface area contributed by atoms with Crippen LogP contribution < -0.4 is 5.32 Å². The SMILES string of the molecule is COCCOC1CCCN(C(=O)NC2CCC(c3ccnc4cnc5[nH]ccc5c34)CC2)C1. The number of aromatic nitrogens is 3. The lowest BCUT2D eigenvalue weighted by atomic mass is 9.80. The number of amides is 2. The van der Waals surface area contributed by atoms with Gasteiger partial charge in [0.25, 0.3) is 0 Å². The maximum atomic E-state index is 12.9. The number of fused-ring (bicyclic) bond motifs is 3. The van der Waals surface area contributed by atoms with Gasteiger partial charge in [0.05, 0.1) is 31.0 Å². The molecule has 1 aliphatic heterocycles. The molecule has 0 spiro atoms.